The molecule has 0 heterocycles. The molecule has 0 rings (SSSR count). The SMILES string of the molecule is COC(C)(C)C[C@H](C)NCC(=O)NC(C)C. The molecule has 0 aromatic rings. The maximum absolute atomic E-state index is 11.4. The Hall–Kier alpha value is -0.610. The molecule has 2 N–H and O–H groups in total. The van der Waals surface area contributed by atoms with Crippen LogP contribution >= 0.6 is 0 Å². The summed E-state index contributed by atoms with van der Waals surface area (Å²) >= 11 is 0. The first-order valence-electron chi connectivity index (χ1n) is 5.84. The number of hydrogen-bond donors (Lipinski definition) is 2. The lowest BCUT2D eigenvalue weighted by molar-refractivity contribution is -0.120. The van der Waals surface area contributed by atoms with Crippen LogP contribution in [-0.2, 0) is 9.53 Å². The van der Waals surface area contributed by atoms with Crippen molar-refractivity contribution in [1.29, 1.82) is 0 Å². The number of methoxy groups -OCH3 is 1. The minimum absolute atomic E-state index is 0.0390. The highest BCUT2D eigenvalue weighted by Gasteiger charge is 2.20. The van der Waals surface area contributed by atoms with Crippen LogP contribution in [0.2, 0.25) is 0 Å². The lowest BCUT2D eigenvalue weighted by Gasteiger charge is -2.27. The molecule has 4 nitrogen and oxygen atoms in total. The Balaban J connectivity index is 3.81. The van der Waals surface area contributed by atoms with Gasteiger partial charge in [-0.05, 0) is 41.0 Å². The van der Waals surface area contributed by atoms with Crippen LogP contribution in [0.1, 0.15) is 41.0 Å². The third kappa shape index (κ3) is 7.65. The topological polar surface area (TPSA) is 50.4 Å². The van der Waals surface area contributed by atoms with Crippen LogP contribution in [0.25, 0.3) is 0 Å². The van der Waals surface area contributed by atoms with E-state index in [1.807, 2.05) is 27.7 Å². The Morgan fingerprint density at radius 3 is 2.31 bits per heavy atom. The van der Waals surface area contributed by atoms with Crippen LogP contribution < -0.4 is 10.6 Å². The highest BCUT2D eigenvalue weighted by Crippen LogP contribution is 2.14. The van der Waals surface area contributed by atoms with E-state index in [0.717, 1.165) is 6.42 Å². The van der Waals surface area contributed by atoms with Crippen molar-refractivity contribution in [2.45, 2.75) is 58.7 Å². The zero-order valence-corrected chi connectivity index (χ0v) is 11.4. The minimum atomic E-state index is -0.152. The van der Waals surface area contributed by atoms with Crippen LogP contribution in [0.3, 0.4) is 0 Å². The second-order valence-electron chi connectivity index (χ2n) is 5.17. The molecule has 0 aliphatic heterocycles. The number of rotatable bonds is 7. The van der Waals surface area contributed by atoms with Gasteiger partial charge in [0.2, 0.25) is 5.91 Å². The zero-order chi connectivity index (χ0) is 12.8. The van der Waals surface area contributed by atoms with Crippen molar-refractivity contribution < 1.29 is 9.53 Å². The molecule has 0 saturated heterocycles. The average molecular weight is 230 g/mol. The smallest absolute Gasteiger partial charge is 0.234 e. The molecule has 0 aromatic carbocycles. The van der Waals surface area contributed by atoms with E-state index in [9.17, 15) is 4.79 Å². The number of ether oxygens (including phenoxy) is 1. The fraction of sp³-hybridized carbons (Fsp3) is 0.917. The zero-order valence-electron chi connectivity index (χ0n) is 11.4. The van der Waals surface area contributed by atoms with Crippen LogP contribution in [0, 0.1) is 0 Å². The first-order valence-corrected chi connectivity index (χ1v) is 5.84. The molecule has 0 bridgehead atoms. The predicted octanol–water partition coefficient (Wildman–Crippen LogP) is 1.30. The summed E-state index contributed by atoms with van der Waals surface area (Å²) in [5.41, 5.74) is -0.152. The molecular weight excluding hydrogens is 204 g/mol. The summed E-state index contributed by atoms with van der Waals surface area (Å²) in [5, 5.41) is 6.03. The van der Waals surface area contributed by atoms with Gasteiger partial charge in [0, 0.05) is 19.2 Å². The summed E-state index contributed by atoms with van der Waals surface area (Å²) in [6.45, 7) is 10.4. The first kappa shape index (κ1) is 15.4. The Kier molecular flexibility index (Phi) is 6.60. The number of hydrogen-bond acceptors (Lipinski definition) is 3. The molecule has 0 fully saturated rings. The summed E-state index contributed by atoms with van der Waals surface area (Å²) in [5.74, 6) is 0.0390. The normalized spacial score (nSPS) is 13.9. The molecule has 0 unspecified atom stereocenters. The lowest BCUT2D eigenvalue weighted by atomic mass is 10.00. The maximum Gasteiger partial charge on any atom is 0.234 e. The van der Waals surface area contributed by atoms with Gasteiger partial charge in [0.05, 0.1) is 12.1 Å². The van der Waals surface area contributed by atoms with E-state index >= 15 is 0 Å². The first-order chi connectivity index (χ1) is 7.26. The van der Waals surface area contributed by atoms with E-state index in [1.54, 1.807) is 7.11 Å². The van der Waals surface area contributed by atoms with Crippen LogP contribution in [0.15, 0.2) is 0 Å². The van der Waals surface area contributed by atoms with Gasteiger partial charge in [-0.3, -0.25) is 4.79 Å². The predicted molar refractivity (Wildman–Crippen MR) is 66.4 cm³/mol. The number of amides is 1. The monoisotopic (exact) mass is 230 g/mol. The van der Waals surface area contributed by atoms with Crippen LogP contribution in [0.5, 0.6) is 0 Å². The van der Waals surface area contributed by atoms with Gasteiger partial charge >= 0.3 is 0 Å². The molecule has 16 heavy (non-hydrogen) atoms. The molecule has 1 atom stereocenters. The molecule has 4 heteroatoms. The maximum atomic E-state index is 11.4. The van der Waals surface area contributed by atoms with Crippen molar-refractivity contribution >= 4 is 5.91 Å². The molecule has 0 saturated carbocycles. The van der Waals surface area contributed by atoms with Crippen molar-refractivity contribution in [2.75, 3.05) is 13.7 Å². The van der Waals surface area contributed by atoms with E-state index in [2.05, 4.69) is 17.6 Å². The van der Waals surface area contributed by atoms with Gasteiger partial charge in [-0.1, -0.05) is 0 Å². The quantitative estimate of drug-likeness (QED) is 0.693. The Morgan fingerprint density at radius 2 is 1.88 bits per heavy atom. The fourth-order valence-corrected chi connectivity index (χ4v) is 1.53. The van der Waals surface area contributed by atoms with Gasteiger partial charge in [-0.25, -0.2) is 0 Å². The summed E-state index contributed by atoms with van der Waals surface area (Å²) in [6.07, 6.45) is 0.873. The molecule has 1 amide bonds. The summed E-state index contributed by atoms with van der Waals surface area (Å²) in [7, 11) is 1.71. The van der Waals surface area contributed by atoms with E-state index in [-0.39, 0.29) is 23.6 Å². The lowest BCUT2D eigenvalue weighted by Crippen LogP contribution is -2.43. The van der Waals surface area contributed by atoms with E-state index in [0.29, 0.717) is 6.54 Å². The van der Waals surface area contributed by atoms with Crippen molar-refractivity contribution in [3.05, 3.63) is 0 Å². The Morgan fingerprint density at radius 1 is 1.31 bits per heavy atom. The van der Waals surface area contributed by atoms with Crippen molar-refractivity contribution in [2.24, 2.45) is 0 Å². The van der Waals surface area contributed by atoms with Crippen molar-refractivity contribution in [3.63, 3.8) is 0 Å². The molecule has 0 aromatic heterocycles. The Bertz CT molecular complexity index is 215. The second kappa shape index (κ2) is 6.86. The molecule has 96 valence electrons. The summed E-state index contributed by atoms with van der Waals surface area (Å²) in [4.78, 5) is 11.4. The van der Waals surface area contributed by atoms with Gasteiger partial charge in [-0.2, -0.15) is 0 Å². The van der Waals surface area contributed by atoms with Crippen molar-refractivity contribution in [3.8, 4) is 0 Å². The van der Waals surface area contributed by atoms with E-state index in [4.69, 9.17) is 4.74 Å². The molecule has 0 aliphatic rings. The molecule has 0 spiro atoms. The summed E-state index contributed by atoms with van der Waals surface area (Å²) < 4.78 is 5.34. The minimum Gasteiger partial charge on any atom is -0.379 e. The number of carbonyl (C=O) groups is 1. The van der Waals surface area contributed by atoms with Gasteiger partial charge in [0.25, 0.3) is 0 Å². The van der Waals surface area contributed by atoms with Gasteiger partial charge in [0.15, 0.2) is 0 Å². The highest BCUT2D eigenvalue weighted by molar-refractivity contribution is 5.78. The summed E-state index contributed by atoms with van der Waals surface area (Å²) in [6, 6.07) is 0.452. The third-order valence-corrected chi connectivity index (χ3v) is 2.41. The van der Waals surface area contributed by atoms with E-state index in [1.165, 1.54) is 0 Å². The highest BCUT2D eigenvalue weighted by atomic mass is 16.5. The van der Waals surface area contributed by atoms with Crippen molar-refractivity contribution in [1.82, 2.24) is 10.6 Å². The van der Waals surface area contributed by atoms with Gasteiger partial charge < -0.3 is 15.4 Å². The molecule has 0 aliphatic carbocycles. The van der Waals surface area contributed by atoms with Gasteiger partial charge in [-0.15, -0.1) is 0 Å². The van der Waals surface area contributed by atoms with Gasteiger partial charge in [0.1, 0.15) is 0 Å². The van der Waals surface area contributed by atoms with E-state index < -0.39 is 0 Å². The second-order valence-corrected chi connectivity index (χ2v) is 5.17. The van der Waals surface area contributed by atoms with Crippen LogP contribution in [0.4, 0.5) is 0 Å². The molecule has 0 radical (unpaired) electrons. The fourth-order valence-electron chi connectivity index (χ4n) is 1.53. The van der Waals surface area contributed by atoms with Crippen LogP contribution in [-0.4, -0.2) is 37.2 Å². The number of nitrogens with one attached hydrogen (secondary N) is 2. The molecular formula is C12H26N2O2. The Labute approximate surface area is 99.1 Å². The third-order valence-electron chi connectivity index (χ3n) is 2.41. The largest absolute Gasteiger partial charge is 0.379 e. The number of carbonyl (C=O) groups excluding carboxylic acids is 1. The average Bonchev–Trinajstić information content (AvgIpc) is 2.13. The standard InChI is InChI=1S/C12H26N2O2/c1-9(2)14-11(15)8-13-10(3)7-12(4,5)16-6/h9-10,13H,7-8H2,1-6H3,(H,14,15)/t10-/m0/s1.